The molecule has 0 saturated carbocycles. The monoisotopic (exact) mass is 216 g/mol. The van der Waals surface area contributed by atoms with E-state index in [1.807, 2.05) is 18.2 Å². The van der Waals surface area contributed by atoms with E-state index in [1.54, 1.807) is 6.08 Å². The summed E-state index contributed by atoms with van der Waals surface area (Å²) < 4.78 is 0.909. The fraction of sp³-hybridized carbons (Fsp3) is 0. The highest BCUT2D eigenvalue weighted by atomic mass is 79.9. The SMILES string of the molecule is C=Cc1cccc(Cl)c1Br. The van der Waals surface area contributed by atoms with Gasteiger partial charge in [0.05, 0.1) is 5.02 Å². The summed E-state index contributed by atoms with van der Waals surface area (Å²) in [6, 6.07) is 5.67. The minimum atomic E-state index is 0.720. The Kier molecular flexibility index (Phi) is 2.52. The molecule has 0 aliphatic rings. The van der Waals surface area contributed by atoms with Crippen molar-refractivity contribution in [3.63, 3.8) is 0 Å². The zero-order valence-electron chi connectivity index (χ0n) is 5.27. The maximum Gasteiger partial charge on any atom is 0.0554 e. The van der Waals surface area contributed by atoms with Crippen molar-refractivity contribution < 1.29 is 0 Å². The van der Waals surface area contributed by atoms with Gasteiger partial charge >= 0.3 is 0 Å². The van der Waals surface area contributed by atoms with Crippen LogP contribution in [0.3, 0.4) is 0 Å². The predicted octanol–water partition coefficient (Wildman–Crippen LogP) is 3.75. The Labute approximate surface area is 73.6 Å². The molecule has 0 aliphatic carbocycles. The zero-order chi connectivity index (χ0) is 7.56. The summed E-state index contributed by atoms with van der Waals surface area (Å²) in [6.07, 6.45) is 1.76. The molecule has 0 atom stereocenters. The number of rotatable bonds is 1. The van der Waals surface area contributed by atoms with E-state index in [0.717, 1.165) is 15.1 Å². The summed E-state index contributed by atoms with van der Waals surface area (Å²) in [5.74, 6) is 0. The second-order valence-corrected chi connectivity index (χ2v) is 3.05. The van der Waals surface area contributed by atoms with Gasteiger partial charge in [0, 0.05) is 4.47 Å². The standard InChI is InChI=1S/C8H6BrCl/c1-2-6-4-3-5-7(10)8(6)9/h2-5H,1H2. The lowest BCUT2D eigenvalue weighted by atomic mass is 10.2. The third-order valence-electron chi connectivity index (χ3n) is 1.20. The summed E-state index contributed by atoms with van der Waals surface area (Å²) in [7, 11) is 0. The summed E-state index contributed by atoms with van der Waals surface area (Å²) in [5.41, 5.74) is 1.02. The molecule has 52 valence electrons. The number of hydrogen-bond donors (Lipinski definition) is 0. The Hall–Kier alpha value is -0.270. The van der Waals surface area contributed by atoms with Crippen LogP contribution in [0.25, 0.3) is 6.08 Å². The first kappa shape index (κ1) is 7.83. The van der Waals surface area contributed by atoms with E-state index in [4.69, 9.17) is 11.6 Å². The number of hydrogen-bond acceptors (Lipinski definition) is 0. The van der Waals surface area contributed by atoms with E-state index in [2.05, 4.69) is 22.5 Å². The van der Waals surface area contributed by atoms with E-state index >= 15 is 0 Å². The van der Waals surface area contributed by atoms with Gasteiger partial charge in [-0.1, -0.05) is 36.4 Å². The van der Waals surface area contributed by atoms with E-state index in [1.165, 1.54) is 0 Å². The first-order valence-corrected chi connectivity index (χ1v) is 3.99. The van der Waals surface area contributed by atoms with Crippen molar-refractivity contribution in [2.45, 2.75) is 0 Å². The molecule has 0 aromatic heterocycles. The first-order chi connectivity index (χ1) is 4.75. The van der Waals surface area contributed by atoms with Crippen LogP contribution in [0.15, 0.2) is 29.3 Å². The lowest BCUT2D eigenvalue weighted by molar-refractivity contribution is 1.60. The molecular weight excluding hydrogens is 211 g/mol. The molecule has 0 bridgehead atoms. The molecule has 0 saturated heterocycles. The molecule has 0 heterocycles. The predicted molar refractivity (Wildman–Crippen MR) is 49.2 cm³/mol. The molecule has 1 aromatic rings. The Balaban J connectivity index is 3.27. The zero-order valence-corrected chi connectivity index (χ0v) is 7.61. The first-order valence-electron chi connectivity index (χ1n) is 2.82. The minimum absolute atomic E-state index is 0.720. The molecule has 0 amide bonds. The van der Waals surface area contributed by atoms with Crippen molar-refractivity contribution in [1.82, 2.24) is 0 Å². The van der Waals surface area contributed by atoms with Gasteiger partial charge < -0.3 is 0 Å². The van der Waals surface area contributed by atoms with Crippen LogP contribution in [0.1, 0.15) is 5.56 Å². The van der Waals surface area contributed by atoms with Gasteiger partial charge in [-0.05, 0) is 27.6 Å². The van der Waals surface area contributed by atoms with Crippen LogP contribution in [0, 0.1) is 0 Å². The maximum absolute atomic E-state index is 5.80. The van der Waals surface area contributed by atoms with Crippen molar-refractivity contribution in [3.8, 4) is 0 Å². The Bertz CT molecular complexity index is 255. The molecule has 0 fully saturated rings. The molecule has 0 unspecified atom stereocenters. The summed E-state index contributed by atoms with van der Waals surface area (Å²) in [5, 5.41) is 0.720. The van der Waals surface area contributed by atoms with E-state index in [-0.39, 0.29) is 0 Å². The molecule has 1 aromatic carbocycles. The van der Waals surface area contributed by atoms with Crippen LogP contribution >= 0.6 is 27.5 Å². The molecule has 0 radical (unpaired) electrons. The maximum atomic E-state index is 5.80. The Morgan fingerprint density at radius 3 is 2.70 bits per heavy atom. The van der Waals surface area contributed by atoms with Crippen LogP contribution in [0.2, 0.25) is 5.02 Å². The van der Waals surface area contributed by atoms with Crippen LogP contribution in [0.5, 0.6) is 0 Å². The topological polar surface area (TPSA) is 0 Å². The lowest BCUT2D eigenvalue weighted by Crippen LogP contribution is -1.74. The van der Waals surface area contributed by atoms with Crippen molar-refractivity contribution in [1.29, 1.82) is 0 Å². The molecule has 0 N–H and O–H groups in total. The van der Waals surface area contributed by atoms with Gasteiger partial charge in [0.15, 0.2) is 0 Å². The Morgan fingerprint density at radius 2 is 2.20 bits per heavy atom. The van der Waals surface area contributed by atoms with Crippen LogP contribution < -0.4 is 0 Å². The Morgan fingerprint density at radius 1 is 1.50 bits per heavy atom. The average molecular weight is 217 g/mol. The minimum Gasteiger partial charge on any atom is -0.0984 e. The van der Waals surface area contributed by atoms with Crippen molar-refractivity contribution in [2.75, 3.05) is 0 Å². The summed E-state index contributed by atoms with van der Waals surface area (Å²) in [4.78, 5) is 0. The van der Waals surface area contributed by atoms with Crippen LogP contribution in [-0.2, 0) is 0 Å². The highest BCUT2D eigenvalue weighted by Crippen LogP contribution is 2.26. The van der Waals surface area contributed by atoms with E-state index < -0.39 is 0 Å². The fourth-order valence-corrected chi connectivity index (χ4v) is 1.29. The highest BCUT2D eigenvalue weighted by Gasteiger charge is 1.97. The van der Waals surface area contributed by atoms with Crippen LogP contribution in [0.4, 0.5) is 0 Å². The third kappa shape index (κ3) is 1.41. The second kappa shape index (κ2) is 3.22. The molecule has 0 aliphatic heterocycles. The van der Waals surface area contributed by atoms with Crippen molar-refractivity contribution >= 4 is 33.6 Å². The van der Waals surface area contributed by atoms with Gasteiger partial charge in [0.25, 0.3) is 0 Å². The molecule has 0 nitrogen and oxygen atoms in total. The lowest BCUT2D eigenvalue weighted by Gasteiger charge is -1.98. The van der Waals surface area contributed by atoms with E-state index in [9.17, 15) is 0 Å². The fourth-order valence-electron chi connectivity index (χ4n) is 0.678. The molecule has 2 heteroatoms. The third-order valence-corrected chi connectivity index (χ3v) is 2.63. The van der Waals surface area contributed by atoms with Crippen molar-refractivity contribution in [2.24, 2.45) is 0 Å². The van der Waals surface area contributed by atoms with Gasteiger partial charge in [-0.2, -0.15) is 0 Å². The summed E-state index contributed by atoms with van der Waals surface area (Å²) >= 11 is 9.14. The molecule has 0 spiro atoms. The van der Waals surface area contributed by atoms with Gasteiger partial charge in [-0.3, -0.25) is 0 Å². The van der Waals surface area contributed by atoms with Gasteiger partial charge in [0.2, 0.25) is 0 Å². The summed E-state index contributed by atoms with van der Waals surface area (Å²) in [6.45, 7) is 3.64. The average Bonchev–Trinajstić information content (AvgIpc) is 1.95. The number of halogens is 2. The normalized spacial score (nSPS) is 9.40. The smallest absolute Gasteiger partial charge is 0.0554 e. The molecule has 1 rings (SSSR count). The second-order valence-electron chi connectivity index (χ2n) is 1.85. The van der Waals surface area contributed by atoms with Crippen LogP contribution in [-0.4, -0.2) is 0 Å². The highest BCUT2D eigenvalue weighted by molar-refractivity contribution is 9.10. The number of benzene rings is 1. The van der Waals surface area contributed by atoms with Gasteiger partial charge in [0.1, 0.15) is 0 Å². The van der Waals surface area contributed by atoms with Gasteiger partial charge in [-0.25, -0.2) is 0 Å². The van der Waals surface area contributed by atoms with Crippen molar-refractivity contribution in [3.05, 3.63) is 39.8 Å². The van der Waals surface area contributed by atoms with E-state index in [0.29, 0.717) is 0 Å². The van der Waals surface area contributed by atoms with Gasteiger partial charge in [-0.15, -0.1) is 0 Å². The molecular formula is C8H6BrCl. The largest absolute Gasteiger partial charge is 0.0984 e. The molecule has 10 heavy (non-hydrogen) atoms. The quantitative estimate of drug-likeness (QED) is 0.672.